The fraction of sp³-hybridized carbons (Fsp3) is 0.400. The highest BCUT2D eigenvalue weighted by molar-refractivity contribution is 7.09. The molecule has 2 rings (SSSR count). The summed E-state index contributed by atoms with van der Waals surface area (Å²) in [7, 11) is 0. The third kappa shape index (κ3) is 2.62. The minimum absolute atomic E-state index is 0.171. The molecular weight excluding hydrogens is 240 g/mol. The Morgan fingerprint density at radius 3 is 2.61 bits per heavy atom. The Bertz CT molecular complexity index is 556. The number of nitrogens with zero attached hydrogens (tertiary/aromatic N) is 1. The van der Waals surface area contributed by atoms with Gasteiger partial charge in [-0.25, -0.2) is 4.98 Å². The van der Waals surface area contributed by atoms with Crippen LogP contribution in [-0.2, 0) is 6.42 Å². The molecular formula is C15H20N2S. The largest absolute Gasteiger partial charge is 0.328 e. The zero-order chi connectivity index (χ0) is 13.3. The van der Waals surface area contributed by atoms with E-state index >= 15 is 0 Å². The summed E-state index contributed by atoms with van der Waals surface area (Å²) in [5, 5.41) is 3.26. The molecule has 0 bridgehead atoms. The average Bonchev–Trinajstić information content (AvgIpc) is 2.73. The van der Waals surface area contributed by atoms with Crippen LogP contribution in [0.4, 0.5) is 0 Å². The van der Waals surface area contributed by atoms with Crippen LogP contribution in [0.5, 0.6) is 0 Å². The van der Waals surface area contributed by atoms with E-state index in [1.165, 1.54) is 22.3 Å². The number of aromatic nitrogens is 1. The van der Waals surface area contributed by atoms with Gasteiger partial charge in [-0.15, -0.1) is 11.3 Å². The van der Waals surface area contributed by atoms with Gasteiger partial charge in [0.2, 0.25) is 0 Å². The predicted octanol–water partition coefficient (Wildman–Crippen LogP) is 3.63. The second-order valence-corrected chi connectivity index (χ2v) is 5.93. The molecule has 0 aliphatic heterocycles. The van der Waals surface area contributed by atoms with Crippen molar-refractivity contribution in [1.29, 1.82) is 0 Å². The van der Waals surface area contributed by atoms with Gasteiger partial charge >= 0.3 is 0 Å². The summed E-state index contributed by atoms with van der Waals surface area (Å²) in [6, 6.07) is 4.51. The van der Waals surface area contributed by atoms with E-state index in [0.717, 1.165) is 17.1 Å². The van der Waals surface area contributed by atoms with Crippen molar-refractivity contribution in [2.45, 2.75) is 40.2 Å². The van der Waals surface area contributed by atoms with Crippen molar-refractivity contribution in [2.24, 2.45) is 5.73 Å². The minimum atomic E-state index is 0.171. The monoisotopic (exact) mass is 260 g/mol. The van der Waals surface area contributed by atoms with Crippen molar-refractivity contribution in [3.8, 4) is 11.3 Å². The maximum atomic E-state index is 5.81. The SMILES string of the molecule is Cc1ccc(-c2csc(CC(C)N)n2)c(C)c1C. The van der Waals surface area contributed by atoms with Gasteiger partial charge in [0.15, 0.2) is 0 Å². The van der Waals surface area contributed by atoms with Crippen molar-refractivity contribution in [1.82, 2.24) is 4.98 Å². The molecule has 0 saturated carbocycles. The zero-order valence-corrected chi connectivity index (χ0v) is 12.3. The summed E-state index contributed by atoms with van der Waals surface area (Å²) < 4.78 is 0. The second-order valence-electron chi connectivity index (χ2n) is 4.99. The van der Waals surface area contributed by atoms with E-state index in [1.54, 1.807) is 11.3 Å². The molecule has 0 radical (unpaired) electrons. The molecule has 0 saturated heterocycles. The quantitative estimate of drug-likeness (QED) is 0.915. The molecule has 96 valence electrons. The Kier molecular flexibility index (Phi) is 3.83. The molecule has 0 aliphatic rings. The van der Waals surface area contributed by atoms with Crippen LogP contribution in [0.15, 0.2) is 17.5 Å². The van der Waals surface area contributed by atoms with Crippen molar-refractivity contribution in [3.63, 3.8) is 0 Å². The first-order valence-electron chi connectivity index (χ1n) is 6.26. The topological polar surface area (TPSA) is 38.9 Å². The molecule has 0 spiro atoms. The fourth-order valence-electron chi connectivity index (χ4n) is 2.04. The van der Waals surface area contributed by atoms with Crippen LogP contribution in [-0.4, -0.2) is 11.0 Å². The first kappa shape index (κ1) is 13.2. The molecule has 1 heterocycles. The highest BCUT2D eigenvalue weighted by Crippen LogP contribution is 2.28. The van der Waals surface area contributed by atoms with Crippen LogP contribution >= 0.6 is 11.3 Å². The maximum Gasteiger partial charge on any atom is 0.0947 e. The van der Waals surface area contributed by atoms with Crippen molar-refractivity contribution < 1.29 is 0 Å². The van der Waals surface area contributed by atoms with Gasteiger partial charge in [-0.1, -0.05) is 12.1 Å². The molecule has 1 aromatic heterocycles. The third-order valence-corrected chi connectivity index (χ3v) is 4.25. The molecule has 18 heavy (non-hydrogen) atoms. The number of thiazole rings is 1. The van der Waals surface area contributed by atoms with Crippen molar-refractivity contribution >= 4 is 11.3 Å². The lowest BCUT2D eigenvalue weighted by molar-refractivity contribution is 0.734. The molecule has 0 fully saturated rings. The summed E-state index contributed by atoms with van der Waals surface area (Å²) in [6.07, 6.45) is 0.856. The van der Waals surface area contributed by atoms with E-state index in [1.807, 2.05) is 6.92 Å². The Hall–Kier alpha value is -1.19. The van der Waals surface area contributed by atoms with Crippen LogP contribution in [0.3, 0.4) is 0 Å². The Balaban J connectivity index is 2.37. The molecule has 1 aromatic carbocycles. The van der Waals surface area contributed by atoms with E-state index in [0.29, 0.717) is 0 Å². The van der Waals surface area contributed by atoms with Gasteiger partial charge in [-0.05, 0) is 44.4 Å². The van der Waals surface area contributed by atoms with Gasteiger partial charge in [0.1, 0.15) is 0 Å². The van der Waals surface area contributed by atoms with Crippen molar-refractivity contribution in [3.05, 3.63) is 39.2 Å². The summed E-state index contributed by atoms with van der Waals surface area (Å²) in [5.41, 5.74) is 12.2. The van der Waals surface area contributed by atoms with Crippen LogP contribution in [0.25, 0.3) is 11.3 Å². The lowest BCUT2D eigenvalue weighted by Crippen LogP contribution is -2.17. The van der Waals surface area contributed by atoms with E-state index < -0.39 is 0 Å². The molecule has 2 nitrogen and oxygen atoms in total. The van der Waals surface area contributed by atoms with Crippen LogP contribution in [0, 0.1) is 20.8 Å². The van der Waals surface area contributed by atoms with E-state index in [2.05, 4.69) is 38.3 Å². The fourth-order valence-corrected chi connectivity index (χ4v) is 2.97. The lowest BCUT2D eigenvalue weighted by Gasteiger charge is -2.09. The smallest absolute Gasteiger partial charge is 0.0947 e. The lowest BCUT2D eigenvalue weighted by atomic mass is 9.97. The van der Waals surface area contributed by atoms with Gasteiger partial charge < -0.3 is 5.73 Å². The molecule has 1 unspecified atom stereocenters. The molecule has 0 amide bonds. The summed E-state index contributed by atoms with van der Waals surface area (Å²) in [4.78, 5) is 4.69. The van der Waals surface area contributed by atoms with Gasteiger partial charge in [-0.2, -0.15) is 0 Å². The first-order valence-corrected chi connectivity index (χ1v) is 7.14. The zero-order valence-electron chi connectivity index (χ0n) is 11.4. The van der Waals surface area contributed by atoms with Gasteiger partial charge in [0, 0.05) is 23.4 Å². The van der Waals surface area contributed by atoms with Crippen LogP contribution in [0.1, 0.15) is 28.6 Å². The Morgan fingerprint density at radius 2 is 1.94 bits per heavy atom. The minimum Gasteiger partial charge on any atom is -0.328 e. The first-order chi connectivity index (χ1) is 8.49. The molecule has 1 atom stereocenters. The highest BCUT2D eigenvalue weighted by atomic mass is 32.1. The predicted molar refractivity (Wildman–Crippen MR) is 79.1 cm³/mol. The second kappa shape index (κ2) is 5.21. The van der Waals surface area contributed by atoms with Gasteiger partial charge in [0.25, 0.3) is 0 Å². The van der Waals surface area contributed by atoms with Crippen LogP contribution in [0.2, 0.25) is 0 Å². The normalized spacial score (nSPS) is 12.7. The van der Waals surface area contributed by atoms with E-state index in [4.69, 9.17) is 10.7 Å². The third-order valence-electron chi connectivity index (χ3n) is 3.38. The summed E-state index contributed by atoms with van der Waals surface area (Å²) in [6.45, 7) is 8.50. The summed E-state index contributed by atoms with van der Waals surface area (Å²) >= 11 is 1.70. The molecule has 3 heteroatoms. The number of aryl methyl sites for hydroxylation is 1. The molecule has 0 aliphatic carbocycles. The molecule has 2 aromatic rings. The number of hydrogen-bond acceptors (Lipinski definition) is 3. The van der Waals surface area contributed by atoms with Crippen LogP contribution < -0.4 is 5.73 Å². The standard InChI is InChI=1S/C15H20N2S/c1-9-5-6-13(12(4)11(9)3)14-8-18-15(17-14)7-10(2)16/h5-6,8,10H,7,16H2,1-4H3. The average molecular weight is 260 g/mol. The number of hydrogen-bond donors (Lipinski definition) is 1. The van der Waals surface area contributed by atoms with Gasteiger partial charge in [-0.3, -0.25) is 0 Å². The maximum absolute atomic E-state index is 5.81. The highest BCUT2D eigenvalue weighted by Gasteiger charge is 2.10. The van der Waals surface area contributed by atoms with Crippen molar-refractivity contribution in [2.75, 3.05) is 0 Å². The van der Waals surface area contributed by atoms with E-state index in [9.17, 15) is 0 Å². The Morgan fingerprint density at radius 1 is 1.22 bits per heavy atom. The Labute approximate surface area is 113 Å². The van der Waals surface area contributed by atoms with E-state index in [-0.39, 0.29) is 6.04 Å². The molecule has 2 N–H and O–H groups in total. The summed E-state index contributed by atoms with van der Waals surface area (Å²) in [5.74, 6) is 0. The number of nitrogens with two attached hydrogens (primary N) is 1. The van der Waals surface area contributed by atoms with Gasteiger partial charge in [0.05, 0.1) is 10.7 Å². The number of rotatable bonds is 3. The number of benzene rings is 1.